The predicted molar refractivity (Wildman–Crippen MR) is 163 cm³/mol. The van der Waals surface area contributed by atoms with E-state index < -0.39 is 0 Å². The fourth-order valence-corrected chi connectivity index (χ4v) is 6.15. The summed E-state index contributed by atoms with van der Waals surface area (Å²) in [6.45, 7) is 14.4. The molecule has 1 N–H and O–H groups in total. The highest BCUT2D eigenvalue weighted by Crippen LogP contribution is 2.29. The zero-order chi connectivity index (χ0) is 28.2. The third kappa shape index (κ3) is 6.28. The highest BCUT2D eigenvalue weighted by Gasteiger charge is 2.20. The summed E-state index contributed by atoms with van der Waals surface area (Å²) in [4.78, 5) is 20.2. The minimum absolute atomic E-state index is 0.111. The van der Waals surface area contributed by atoms with Crippen molar-refractivity contribution in [2.24, 2.45) is 5.92 Å². The summed E-state index contributed by atoms with van der Waals surface area (Å²) in [6.07, 6.45) is 4.80. The van der Waals surface area contributed by atoms with E-state index in [-0.39, 0.29) is 5.91 Å². The number of piperidine rings is 1. The number of hydrogen-bond acceptors (Lipinski definition) is 4. The Hall–Kier alpha value is -3.51. The fourth-order valence-electron chi connectivity index (χ4n) is 6.15. The Morgan fingerprint density at radius 1 is 0.950 bits per heavy atom. The molecule has 6 heteroatoms. The van der Waals surface area contributed by atoms with Gasteiger partial charge in [0.25, 0.3) is 0 Å². The molecule has 1 amide bonds. The van der Waals surface area contributed by atoms with Crippen molar-refractivity contribution in [1.29, 1.82) is 0 Å². The summed E-state index contributed by atoms with van der Waals surface area (Å²) in [5.41, 5.74) is 10.1. The standard InChI is InChI=1S/C34H43N5O/c1-23-11-12-30(21-24(23)2)39-34-33(27(5)37-39)25(3)31(26(4)36-34)13-14-32(40)35-17-20-38-18-15-29(16-19-38)22-28-9-7-6-8-10-28/h6-12,21,29H,13-20,22H2,1-5H3,(H,35,40). The molecule has 0 saturated carbocycles. The zero-order valence-electron chi connectivity index (χ0n) is 24.8. The number of nitrogens with one attached hydrogen (secondary N) is 1. The minimum Gasteiger partial charge on any atom is -0.355 e. The Morgan fingerprint density at radius 3 is 2.42 bits per heavy atom. The lowest BCUT2D eigenvalue weighted by Crippen LogP contribution is -2.40. The molecule has 2 aromatic carbocycles. The summed E-state index contributed by atoms with van der Waals surface area (Å²) < 4.78 is 1.96. The average Bonchev–Trinajstić information content (AvgIpc) is 3.27. The van der Waals surface area contributed by atoms with Crippen LogP contribution in [0, 0.1) is 40.5 Å². The normalized spacial score (nSPS) is 14.6. The van der Waals surface area contributed by atoms with Crippen molar-refractivity contribution in [3.63, 3.8) is 0 Å². The summed E-state index contributed by atoms with van der Waals surface area (Å²) in [5.74, 6) is 0.878. The first-order valence-electron chi connectivity index (χ1n) is 14.8. The van der Waals surface area contributed by atoms with Crippen LogP contribution in [-0.4, -0.2) is 51.8 Å². The molecule has 4 aromatic rings. The van der Waals surface area contributed by atoms with Gasteiger partial charge in [0.15, 0.2) is 5.65 Å². The van der Waals surface area contributed by atoms with Crippen LogP contribution in [0.2, 0.25) is 0 Å². The summed E-state index contributed by atoms with van der Waals surface area (Å²) in [6, 6.07) is 17.2. The summed E-state index contributed by atoms with van der Waals surface area (Å²) >= 11 is 0. The maximum Gasteiger partial charge on any atom is 0.220 e. The molecule has 1 aliphatic heterocycles. The monoisotopic (exact) mass is 537 g/mol. The number of carbonyl (C=O) groups is 1. The first kappa shape index (κ1) is 28.0. The molecule has 3 heterocycles. The number of fused-ring (bicyclic) bond motifs is 1. The van der Waals surface area contributed by atoms with Crippen LogP contribution in [0.15, 0.2) is 48.5 Å². The van der Waals surface area contributed by atoms with Crippen LogP contribution in [0.1, 0.15) is 58.5 Å². The van der Waals surface area contributed by atoms with Crippen LogP contribution < -0.4 is 5.32 Å². The zero-order valence-corrected chi connectivity index (χ0v) is 24.8. The molecule has 0 bridgehead atoms. The van der Waals surface area contributed by atoms with Crippen LogP contribution >= 0.6 is 0 Å². The van der Waals surface area contributed by atoms with Gasteiger partial charge in [-0.2, -0.15) is 5.10 Å². The topological polar surface area (TPSA) is 63.1 Å². The predicted octanol–water partition coefficient (Wildman–Crippen LogP) is 5.97. The highest BCUT2D eigenvalue weighted by atomic mass is 16.1. The SMILES string of the molecule is Cc1ccc(-n2nc(C)c3c(C)c(CCC(=O)NCCN4CCC(Cc5ccccc5)CC4)c(C)nc32)cc1C. The maximum absolute atomic E-state index is 12.7. The lowest BCUT2D eigenvalue weighted by Gasteiger charge is -2.32. The molecule has 1 fully saturated rings. The average molecular weight is 538 g/mol. The van der Waals surface area contributed by atoms with Gasteiger partial charge in [-0.25, -0.2) is 9.67 Å². The number of rotatable bonds is 9. The van der Waals surface area contributed by atoms with Gasteiger partial charge < -0.3 is 10.2 Å². The third-order valence-corrected chi connectivity index (χ3v) is 8.74. The molecule has 0 unspecified atom stereocenters. The quantitative estimate of drug-likeness (QED) is 0.286. The molecular formula is C34H43N5O. The van der Waals surface area contributed by atoms with Gasteiger partial charge in [0.05, 0.1) is 11.4 Å². The van der Waals surface area contributed by atoms with Crippen LogP contribution in [-0.2, 0) is 17.6 Å². The number of benzene rings is 2. The lowest BCUT2D eigenvalue weighted by molar-refractivity contribution is -0.121. The molecule has 0 aliphatic carbocycles. The molecule has 0 radical (unpaired) electrons. The molecule has 1 saturated heterocycles. The van der Waals surface area contributed by atoms with E-state index in [1.807, 2.05) is 18.5 Å². The first-order valence-corrected chi connectivity index (χ1v) is 14.8. The summed E-state index contributed by atoms with van der Waals surface area (Å²) in [7, 11) is 0. The van der Waals surface area contributed by atoms with Gasteiger partial charge >= 0.3 is 0 Å². The number of nitrogens with zero attached hydrogens (tertiary/aromatic N) is 4. The number of aryl methyl sites for hydroxylation is 5. The van der Waals surface area contributed by atoms with E-state index >= 15 is 0 Å². The second-order valence-corrected chi connectivity index (χ2v) is 11.6. The van der Waals surface area contributed by atoms with E-state index in [4.69, 9.17) is 10.1 Å². The minimum atomic E-state index is 0.111. The van der Waals surface area contributed by atoms with Crippen molar-refractivity contribution in [2.75, 3.05) is 26.2 Å². The molecule has 210 valence electrons. The van der Waals surface area contributed by atoms with Gasteiger partial charge in [-0.05, 0) is 119 Å². The molecule has 6 nitrogen and oxygen atoms in total. The highest BCUT2D eigenvalue weighted by molar-refractivity contribution is 5.85. The molecule has 0 atom stereocenters. The molecule has 40 heavy (non-hydrogen) atoms. The van der Waals surface area contributed by atoms with E-state index in [1.165, 1.54) is 41.5 Å². The Balaban J connectivity index is 1.13. The summed E-state index contributed by atoms with van der Waals surface area (Å²) in [5, 5.41) is 9.10. The van der Waals surface area contributed by atoms with Gasteiger partial charge in [-0.3, -0.25) is 4.79 Å². The first-order chi connectivity index (χ1) is 19.3. The van der Waals surface area contributed by atoms with E-state index in [9.17, 15) is 4.79 Å². The molecule has 0 spiro atoms. The number of aromatic nitrogens is 3. The number of amides is 1. The van der Waals surface area contributed by atoms with E-state index in [0.717, 1.165) is 59.2 Å². The second-order valence-electron chi connectivity index (χ2n) is 11.6. The molecular weight excluding hydrogens is 494 g/mol. The van der Waals surface area contributed by atoms with Crippen molar-refractivity contribution in [1.82, 2.24) is 25.0 Å². The molecule has 2 aromatic heterocycles. The number of likely N-dealkylation sites (tertiary alicyclic amines) is 1. The van der Waals surface area contributed by atoms with Crippen LogP contribution in [0.5, 0.6) is 0 Å². The van der Waals surface area contributed by atoms with Crippen LogP contribution in [0.4, 0.5) is 0 Å². The largest absolute Gasteiger partial charge is 0.355 e. The Morgan fingerprint density at radius 2 is 1.70 bits per heavy atom. The number of hydrogen-bond donors (Lipinski definition) is 1. The number of carbonyl (C=O) groups excluding carboxylic acids is 1. The van der Waals surface area contributed by atoms with Crippen molar-refractivity contribution >= 4 is 16.9 Å². The second kappa shape index (κ2) is 12.3. The smallest absolute Gasteiger partial charge is 0.220 e. The van der Waals surface area contributed by atoms with E-state index in [0.29, 0.717) is 19.4 Å². The fraction of sp³-hybridized carbons (Fsp3) is 0.441. The van der Waals surface area contributed by atoms with Crippen LogP contribution in [0.3, 0.4) is 0 Å². The number of pyridine rings is 1. The Labute approximate surface area is 238 Å². The van der Waals surface area contributed by atoms with Gasteiger partial charge in [-0.15, -0.1) is 0 Å². The third-order valence-electron chi connectivity index (χ3n) is 8.74. The van der Waals surface area contributed by atoms with Crippen LogP contribution in [0.25, 0.3) is 16.7 Å². The van der Waals surface area contributed by atoms with Crippen molar-refractivity contribution in [2.45, 2.75) is 66.7 Å². The van der Waals surface area contributed by atoms with Gasteiger partial charge in [0, 0.05) is 30.6 Å². The Bertz CT molecular complexity index is 1480. The van der Waals surface area contributed by atoms with E-state index in [2.05, 4.69) is 79.5 Å². The van der Waals surface area contributed by atoms with Crippen molar-refractivity contribution in [3.8, 4) is 5.69 Å². The van der Waals surface area contributed by atoms with Gasteiger partial charge in [0.1, 0.15) is 0 Å². The van der Waals surface area contributed by atoms with Crippen molar-refractivity contribution in [3.05, 3.63) is 87.7 Å². The lowest BCUT2D eigenvalue weighted by atomic mass is 9.90. The van der Waals surface area contributed by atoms with Gasteiger partial charge in [0.2, 0.25) is 5.91 Å². The van der Waals surface area contributed by atoms with Gasteiger partial charge in [-0.1, -0.05) is 36.4 Å². The molecule has 5 rings (SSSR count). The Kier molecular flexibility index (Phi) is 8.65. The van der Waals surface area contributed by atoms with E-state index in [1.54, 1.807) is 0 Å². The maximum atomic E-state index is 12.7. The molecule has 1 aliphatic rings. The van der Waals surface area contributed by atoms with Crippen molar-refractivity contribution < 1.29 is 4.79 Å².